The predicted molar refractivity (Wildman–Crippen MR) is 114 cm³/mol. The summed E-state index contributed by atoms with van der Waals surface area (Å²) in [6, 6.07) is 9.36. The van der Waals surface area contributed by atoms with Gasteiger partial charge in [-0.2, -0.15) is 13.2 Å². The number of benzene rings is 1. The number of piperazine rings is 1. The van der Waals surface area contributed by atoms with Crippen molar-refractivity contribution in [2.24, 2.45) is 0 Å². The highest BCUT2D eigenvalue weighted by atomic mass is 19.4. The van der Waals surface area contributed by atoms with Gasteiger partial charge in [0.2, 0.25) is 5.91 Å². The molecule has 3 heterocycles. The Kier molecular flexibility index (Phi) is 6.31. The van der Waals surface area contributed by atoms with Crippen LogP contribution in [0, 0.1) is 0 Å². The van der Waals surface area contributed by atoms with E-state index in [-0.39, 0.29) is 18.1 Å². The lowest BCUT2D eigenvalue weighted by Crippen LogP contribution is -2.49. The molecule has 6 nitrogen and oxygen atoms in total. The molecule has 2 aromatic rings. The average Bonchev–Trinajstić information content (AvgIpc) is 3.29. The van der Waals surface area contributed by atoms with Crippen LogP contribution in [0.4, 0.5) is 30.4 Å². The summed E-state index contributed by atoms with van der Waals surface area (Å²) in [7, 11) is 0. The van der Waals surface area contributed by atoms with Gasteiger partial charge in [0.25, 0.3) is 0 Å². The summed E-state index contributed by atoms with van der Waals surface area (Å²) in [6.45, 7) is 4.57. The largest absolute Gasteiger partial charge is 0.416 e. The first-order valence-corrected chi connectivity index (χ1v) is 10.5. The number of amides is 1. The predicted octanol–water partition coefficient (Wildman–Crippen LogP) is 3.46. The van der Waals surface area contributed by atoms with Gasteiger partial charge in [-0.05, 0) is 43.2 Å². The van der Waals surface area contributed by atoms with Crippen molar-refractivity contribution in [3.05, 3.63) is 48.2 Å². The van der Waals surface area contributed by atoms with Crippen LogP contribution in [0.25, 0.3) is 0 Å². The summed E-state index contributed by atoms with van der Waals surface area (Å²) >= 11 is 0. The molecule has 1 amide bonds. The summed E-state index contributed by atoms with van der Waals surface area (Å²) in [5.74, 6) is 0.608. The fourth-order valence-corrected chi connectivity index (χ4v) is 4.11. The molecular formula is C22H26F3N5O. The zero-order chi connectivity index (χ0) is 21.8. The molecule has 1 aromatic carbocycles. The number of rotatable bonds is 5. The molecule has 2 aliphatic heterocycles. The van der Waals surface area contributed by atoms with Gasteiger partial charge in [0.15, 0.2) is 0 Å². The van der Waals surface area contributed by atoms with E-state index < -0.39 is 11.7 Å². The van der Waals surface area contributed by atoms with E-state index in [0.29, 0.717) is 18.8 Å². The van der Waals surface area contributed by atoms with E-state index in [0.717, 1.165) is 57.0 Å². The van der Waals surface area contributed by atoms with Gasteiger partial charge in [0, 0.05) is 45.5 Å². The number of nitrogens with one attached hydrogen (secondary N) is 1. The molecule has 0 saturated carbocycles. The zero-order valence-corrected chi connectivity index (χ0v) is 17.2. The molecule has 0 radical (unpaired) electrons. The fraction of sp³-hybridized carbons (Fsp3) is 0.455. The third kappa shape index (κ3) is 5.28. The smallest absolute Gasteiger partial charge is 0.370 e. The highest BCUT2D eigenvalue weighted by molar-refractivity contribution is 5.96. The van der Waals surface area contributed by atoms with Crippen LogP contribution < -0.4 is 15.1 Å². The Balaban J connectivity index is 1.40. The van der Waals surface area contributed by atoms with Crippen molar-refractivity contribution in [1.82, 2.24) is 9.88 Å². The number of carbonyl (C=O) groups is 1. The second kappa shape index (κ2) is 9.13. The maximum atomic E-state index is 13.2. The van der Waals surface area contributed by atoms with Gasteiger partial charge >= 0.3 is 6.18 Å². The summed E-state index contributed by atoms with van der Waals surface area (Å²) in [5.41, 5.74) is 0.127. The average molecular weight is 433 g/mol. The number of carbonyl (C=O) groups excluding carboxylic acids is 1. The number of anilines is 3. The van der Waals surface area contributed by atoms with E-state index in [1.54, 1.807) is 6.20 Å². The Morgan fingerprint density at radius 3 is 2.35 bits per heavy atom. The first-order valence-electron chi connectivity index (χ1n) is 10.5. The molecule has 0 atom stereocenters. The number of alkyl halides is 3. The fourth-order valence-electron chi connectivity index (χ4n) is 4.11. The molecule has 4 rings (SSSR count). The number of hydrogen-bond donors (Lipinski definition) is 1. The Labute approximate surface area is 179 Å². The van der Waals surface area contributed by atoms with Crippen LogP contribution in [0.15, 0.2) is 42.6 Å². The molecule has 9 heteroatoms. The second-order valence-electron chi connectivity index (χ2n) is 7.92. The van der Waals surface area contributed by atoms with E-state index >= 15 is 0 Å². The van der Waals surface area contributed by atoms with Gasteiger partial charge in [-0.1, -0.05) is 6.07 Å². The molecule has 31 heavy (non-hydrogen) atoms. The van der Waals surface area contributed by atoms with Crippen LogP contribution in [0.2, 0.25) is 0 Å². The highest BCUT2D eigenvalue weighted by Gasteiger charge is 2.32. The maximum Gasteiger partial charge on any atom is 0.416 e. The Hall–Kier alpha value is -2.81. The molecule has 1 aromatic heterocycles. The van der Waals surface area contributed by atoms with Crippen molar-refractivity contribution >= 4 is 23.1 Å². The van der Waals surface area contributed by atoms with Crippen LogP contribution >= 0.6 is 0 Å². The van der Waals surface area contributed by atoms with Crippen LogP contribution in [-0.4, -0.2) is 61.6 Å². The van der Waals surface area contributed by atoms with Crippen LogP contribution in [-0.2, 0) is 11.0 Å². The minimum atomic E-state index is -4.45. The van der Waals surface area contributed by atoms with E-state index in [1.165, 1.54) is 6.07 Å². The highest BCUT2D eigenvalue weighted by Crippen LogP contribution is 2.36. The minimum Gasteiger partial charge on any atom is -0.370 e. The second-order valence-corrected chi connectivity index (χ2v) is 7.92. The van der Waals surface area contributed by atoms with Gasteiger partial charge in [0.05, 0.1) is 23.5 Å². The number of halogens is 3. The molecule has 0 bridgehead atoms. The van der Waals surface area contributed by atoms with Gasteiger partial charge < -0.3 is 15.1 Å². The Morgan fingerprint density at radius 1 is 0.968 bits per heavy atom. The molecule has 2 saturated heterocycles. The van der Waals surface area contributed by atoms with Gasteiger partial charge in [-0.25, -0.2) is 4.98 Å². The standard InChI is InChI=1S/C22H26F3N5O/c23-22(24,25)17-6-7-19(29-9-3-4-10-29)18(15-17)27-21(31)16-28-11-13-30(14-12-28)20-5-1-2-8-26-20/h1-2,5-8,15H,3-4,9-14,16H2,(H,27,31). The number of nitrogens with zero attached hydrogens (tertiary/aromatic N) is 4. The Bertz CT molecular complexity index is 892. The van der Waals surface area contributed by atoms with Gasteiger partial charge in [-0.15, -0.1) is 0 Å². The topological polar surface area (TPSA) is 51.7 Å². The van der Waals surface area contributed by atoms with Crippen molar-refractivity contribution in [3.63, 3.8) is 0 Å². The van der Waals surface area contributed by atoms with E-state index in [4.69, 9.17) is 0 Å². The third-order valence-corrected chi connectivity index (χ3v) is 5.76. The number of pyridine rings is 1. The van der Waals surface area contributed by atoms with Gasteiger partial charge in [0.1, 0.15) is 5.82 Å². The zero-order valence-electron chi connectivity index (χ0n) is 17.2. The maximum absolute atomic E-state index is 13.2. The van der Waals surface area contributed by atoms with Crippen LogP contribution in [0.5, 0.6) is 0 Å². The quantitative estimate of drug-likeness (QED) is 0.783. The van der Waals surface area contributed by atoms with Crippen LogP contribution in [0.3, 0.4) is 0 Å². The summed E-state index contributed by atoms with van der Waals surface area (Å²) in [5, 5.41) is 2.74. The molecule has 0 aliphatic carbocycles. The lowest BCUT2D eigenvalue weighted by Gasteiger charge is -2.35. The van der Waals surface area contributed by atoms with E-state index in [9.17, 15) is 18.0 Å². The van der Waals surface area contributed by atoms with Crippen molar-refractivity contribution in [3.8, 4) is 0 Å². The minimum absolute atomic E-state index is 0.145. The molecule has 0 unspecified atom stereocenters. The van der Waals surface area contributed by atoms with Crippen molar-refractivity contribution < 1.29 is 18.0 Å². The monoisotopic (exact) mass is 433 g/mol. The van der Waals surface area contributed by atoms with Crippen molar-refractivity contribution in [1.29, 1.82) is 0 Å². The summed E-state index contributed by atoms with van der Waals surface area (Å²) in [6.07, 6.45) is -0.711. The normalized spacial score (nSPS) is 17.8. The van der Waals surface area contributed by atoms with E-state index in [2.05, 4.69) is 15.2 Å². The molecule has 0 spiro atoms. The molecule has 2 aliphatic rings. The Morgan fingerprint density at radius 2 is 1.71 bits per heavy atom. The number of hydrogen-bond acceptors (Lipinski definition) is 5. The summed E-state index contributed by atoms with van der Waals surface area (Å²) in [4.78, 5) is 23.2. The number of aromatic nitrogens is 1. The lowest BCUT2D eigenvalue weighted by molar-refractivity contribution is -0.137. The van der Waals surface area contributed by atoms with Gasteiger partial charge in [-0.3, -0.25) is 9.69 Å². The van der Waals surface area contributed by atoms with E-state index in [1.807, 2.05) is 28.0 Å². The first kappa shape index (κ1) is 21.4. The van der Waals surface area contributed by atoms with Crippen molar-refractivity contribution in [2.75, 3.05) is 60.9 Å². The first-order chi connectivity index (χ1) is 14.9. The third-order valence-electron chi connectivity index (χ3n) is 5.76. The van der Waals surface area contributed by atoms with Crippen LogP contribution in [0.1, 0.15) is 18.4 Å². The molecular weight excluding hydrogens is 407 g/mol. The summed E-state index contributed by atoms with van der Waals surface area (Å²) < 4.78 is 39.7. The van der Waals surface area contributed by atoms with Crippen molar-refractivity contribution in [2.45, 2.75) is 19.0 Å². The molecule has 166 valence electrons. The lowest BCUT2D eigenvalue weighted by atomic mass is 10.1. The molecule has 2 fully saturated rings. The molecule has 1 N–H and O–H groups in total. The SMILES string of the molecule is O=C(CN1CCN(c2ccccn2)CC1)Nc1cc(C(F)(F)F)ccc1N1CCCC1.